The number of hydrogen-bond acceptors (Lipinski definition) is 3. The van der Waals surface area contributed by atoms with Gasteiger partial charge in [0, 0.05) is 6.54 Å². The number of alkyl halides is 3. The van der Waals surface area contributed by atoms with E-state index in [-0.39, 0.29) is 18.7 Å². The largest absolute Gasteiger partial charge is 0.483 e. The molecule has 0 heterocycles. The molecule has 7 heteroatoms. The quantitative estimate of drug-likeness (QED) is 0.788. The Kier molecular flexibility index (Phi) is 6.63. The van der Waals surface area contributed by atoms with Gasteiger partial charge < -0.3 is 15.2 Å². The van der Waals surface area contributed by atoms with E-state index in [0.29, 0.717) is 5.75 Å². The van der Waals surface area contributed by atoms with Gasteiger partial charge in [-0.1, -0.05) is 43.3 Å². The van der Waals surface area contributed by atoms with E-state index in [4.69, 9.17) is 4.74 Å². The van der Waals surface area contributed by atoms with Gasteiger partial charge >= 0.3 is 6.18 Å². The Labute approximate surface area is 149 Å². The maximum Gasteiger partial charge on any atom is 0.416 e. The van der Waals surface area contributed by atoms with Gasteiger partial charge in [0.05, 0.1) is 11.7 Å². The summed E-state index contributed by atoms with van der Waals surface area (Å²) in [5, 5.41) is 12.4. The number of hydrogen-bond donors (Lipinski definition) is 2. The van der Waals surface area contributed by atoms with Crippen molar-refractivity contribution in [1.82, 2.24) is 5.32 Å². The van der Waals surface area contributed by atoms with Crippen LogP contribution in [0.25, 0.3) is 0 Å². The van der Waals surface area contributed by atoms with Crippen molar-refractivity contribution in [2.75, 3.05) is 13.2 Å². The molecule has 140 valence electrons. The van der Waals surface area contributed by atoms with Crippen LogP contribution in [0.5, 0.6) is 5.75 Å². The number of carbonyl (C=O) groups is 1. The van der Waals surface area contributed by atoms with Gasteiger partial charge in [0.15, 0.2) is 6.61 Å². The Morgan fingerprint density at radius 3 is 2.50 bits per heavy atom. The first kappa shape index (κ1) is 19.8. The fraction of sp³-hybridized carbons (Fsp3) is 0.316. The van der Waals surface area contributed by atoms with E-state index in [1.54, 1.807) is 12.1 Å². The lowest BCUT2D eigenvalue weighted by molar-refractivity contribution is -0.139. The number of benzene rings is 2. The Morgan fingerprint density at radius 2 is 1.81 bits per heavy atom. The van der Waals surface area contributed by atoms with Crippen molar-refractivity contribution in [3.63, 3.8) is 0 Å². The maximum absolute atomic E-state index is 13.0. The number of rotatable bonds is 7. The average molecular weight is 367 g/mol. The molecule has 0 saturated heterocycles. The van der Waals surface area contributed by atoms with Crippen molar-refractivity contribution in [1.29, 1.82) is 0 Å². The van der Waals surface area contributed by atoms with Crippen LogP contribution >= 0.6 is 0 Å². The predicted molar refractivity (Wildman–Crippen MR) is 90.7 cm³/mol. The number of aliphatic hydroxyl groups is 1. The lowest BCUT2D eigenvalue weighted by Crippen LogP contribution is -2.33. The number of aryl methyl sites for hydroxylation is 1. The molecule has 2 aromatic rings. The zero-order valence-electron chi connectivity index (χ0n) is 14.2. The molecule has 26 heavy (non-hydrogen) atoms. The summed E-state index contributed by atoms with van der Waals surface area (Å²) in [6, 6.07) is 12.0. The van der Waals surface area contributed by atoms with Crippen molar-refractivity contribution in [2.24, 2.45) is 0 Å². The third-order valence-corrected chi connectivity index (χ3v) is 3.83. The molecule has 0 spiro atoms. The van der Waals surface area contributed by atoms with Crippen LogP contribution in [-0.4, -0.2) is 24.2 Å². The van der Waals surface area contributed by atoms with Gasteiger partial charge in [-0.15, -0.1) is 0 Å². The highest BCUT2D eigenvalue weighted by Gasteiger charge is 2.34. The number of carbonyl (C=O) groups excluding carboxylic acids is 1. The summed E-state index contributed by atoms with van der Waals surface area (Å²) in [5.74, 6) is 0.0487. The van der Waals surface area contributed by atoms with Crippen molar-refractivity contribution in [2.45, 2.75) is 25.6 Å². The molecule has 1 unspecified atom stereocenters. The summed E-state index contributed by atoms with van der Waals surface area (Å²) in [6.07, 6.45) is -5.31. The number of para-hydroxylation sites is 1. The molecular formula is C19H20F3NO3. The van der Waals surface area contributed by atoms with Gasteiger partial charge in [0.25, 0.3) is 5.91 Å². The van der Waals surface area contributed by atoms with Gasteiger partial charge in [-0.2, -0.15) is 13.2 Å². The molecule has 2 N–H and O–H groups in total. The summed E-state index contributed by atoms with van der Waals surface area (Å²) in [6.45, 7) is 1.33. The van der Waals surface area contributed by atoms with Gasteiger partial charge in [-0.25, -0.2) is 0 Å². The van der Waals surface area contributed by atoms with Gasteiger partial charge in [0.1, 0.15) is 5.75 Å². The fourth-order valence-electron chi connectivity index (χ4n) is 2.50. The minimum absolute atomic E-state index is 0.280. The highest BCUT2D eigenvalue weighted by molar-refractivity contribution is 5.77. The van der Waals surface area contributed by atoms with E-state index in [1.807, 2.05) is 19.1 Å². The normalized spacial score (nSPS) is 12.5. The van der Waals surface area contributed by atoms with Crippen LogP contribution in [0, 0.1) is 0 Å². The minimum Gasteiger partial charge on any atom is -0.483 e. The molecule has 0 saturated carbocycles. The number of ether oxygens (including phenoxy) is 1. The molecule has 1 amide bonds. The molecule has 2 aromatic carbocycles. The average Bonchev–Trinajstić information content (AvgIpc) is 2.63. The maximum atomic E-state index is 13.0. The molecule has 0 radical (unpaired) electrons. The highest BCUT2D eigenvalue weighted by Crippen LogP contribution is 2.34. The smallest absolute Gasteiger partial charge is 0.416 e. The summed E-state index contributed by atoms with van der Waals surface area (Å²) >= 11 is 0. The van der Waals surface area contributed by atoms with Gasteiger partial charge in [0.2, 0.25) is 0 Å². The summed E-state index contributed by atoms with van der Waals surface area (Å²) < 4.78 is 44.3. The van der Waals surface area contributed by atoms with E-state index < -0.39 is 23.8 Å². The van der Waals surface area contributed by atoms with Gasteiger partial charge in [-0.05, 0) is 29.7 Å². The van der Waals surface area contributed by atoms with Crippen molar-refractivity contribution < 1.29 is 27.8 Å². The lowest BCUT2D eigenvalue weighted by Gasteiger charge is -2.18. The number of nitrogens with one attached hydrogen (secondary N) is 1. The molecule has 1 atom stereocenters. The molecule has 2 rings (SSSR count). The van der Waals surface area contributed by atoms with Crippen LogP contribution in [0.2, 0.25) is 0 Å². The van der Waals surface area contributed by atoms with Crippen molar-refractivity contribution in [3.05, 3.63) is 65.2 Å². The SMILES string of the molecule is CCc1ccccc1OCC(=O)NCC(O)c1ccccc1C(F)(F)F. The Balaban J connectivity index is 1.92. The first-order valence-corrected chi connectivity index (χ1v) is 8.14. The molecule has 0 fully saturated rings. The molecule has 4 nitrogen and oxygen atoms in total. The topological polar surface area (TPSA) is 58.6 Å². The highest BCUT2D eigenvalue weighted by atomic mass is 19.4. The fourth-order valence-corrected chi connectivity index (χ4v) is 2.50. The van der Waals surface area contributed by atoms with E-state index in [1.165, 1.54) is 18.2 Å². The second kappa shape index (κ2) is 8.71. The van der Waals surface area contributed by atoms with Gasteiger partial charge in [-0.3, -0.25) is 4.79 Å². The molecule has 0 aliphatic rings. The summed E-state index contributed by atoms with van der Waals surface area (Å²) in [4.78, 5) is 11.9. The Bertz CT molecular complexity index is 747. The summed E-state index contributed by atoms with van der Waals surface area (Å²) in [7, 11) is 0. The first-order chi connectivity index (χ1) is 12.3. The second-order valence-electron chi connectivity index (χ2n) is 5.65. The van der Waals surface area contributed by atoms with Crippen molar-refractivity contribution in [3.8, 4) is 5.75 Å². The van der Waals surface area contributed by atoms with Crippen molar-refractivity contribution >= 4 is 5.91 Å². The Morgan fingerprint density at radius 1 is 1.15 bits per heavy atom. The zero-order valence-corrected chi connectivity index (χ0v) is 14.2. The second-order valence-corrected chi connectivity index (χ2v) is 5.65. The first-order valence-electron chi connectivity index (χ1n) is 8.14. The lowest BCUT2D eigenvalue weighted by atomic mass is 10.0. The van der Waals surface area contributed by atoms with Crippen LogP contribution in [0.15, 0.2) is 48.5 Å². The van der Waals surface area contributed by atoms with Crippen LogP contribution in [0.4, 0.5) is 13.2 Å². The predicted octanol–water partition coefficient (Wildman–Crippen LogP) is 3.50. The third-order valence-electron chi connectivity index (χ3n) is 3.83. The molecule has 0 aliphatic carbocycles. The third kappa shape index (κ3) is 5.23. The van der Waals surface area contributed by atoms with Crippen LogP contribution < -0.4 is 10.1 Å². The van der Waals surface area contributed by atoms with Crippen LogP contribution in [-0.2, 0) is 17.4 Å². The van der Waals surface area contributed by atoms with E-state index in [9.17, 15) is 23.1 Å². The number of amides is 1. The van der Waals surface area contributed by atoms with Crippen LogP contribution in [0.1, 0.15) is 29.7 Å². The molecule has 0 bridgehead atoms. The zero-order chi connectivity index (χ0) is 19.2. The van der Waals surface area contributed by atoms with E-state index in [2.05, 4.69) is 5.32 Å². The number of aliphatic hydroxyl groups excluding tert-OH is 1. The monoisotopic (exact) mass is 367 g/mol. The van der Waals surface area contributed by atoms with E-state index in [0.717, 1.165) is 18.1 Å². The molecular weight excluding hydrogens is 347 g/mol. The Hall–Kier alpha value is -2.54. The summed E-state index contributed by atoms with van der Waals surface area (Å²) in [5.41, 5.74) is -0.258. The van der Waals surface area contributed by atoms with E-state index >= 15 is 0 Å². The number of halogens is 3. The van der Waals surface area contributed by atoms with Crippen LogP contribution in [0.3, 0.4) is 0 Å². The molecule has 0 aromatic heterocycles. The molecule has 0 aliphatic heterocycles. The standard InChI is InChI=1S/C19H20F3NO3/c1-2-13-7-3-6-10-17(13)26-12-18(25)23-11-16(24)14-8-4-5-9-15(14)19(20,21)22/h3-10,16,24H,2,11-12H2,1H3,(H,23,25). The minimum atomic E-state index is -4.57.